The Morgan fingerprint density at radius 1 is 1.18 bits per heavy atom. The van der Waals surface area contributed by atoms with E-state index in [4.69, 9.17) is 16.3 Å². The van der Waals surface area contributed by atoms with E-state index in [1.165, 1.54) is 18.2 Å². The molecule has 0 atom stereocenters. The lowest BCUT2D eigenvalue weighted by molar-refractivity contribution is -0.114. The SMILES string of the molecule is CCOC(=O)c1ccc(NC(=O)CN(c2ccccc2C)S(C)(=O)=O)cc1Cl. The number of rotatable bonds is 7. The molecular formula is C19H21ClN2O5S. The normalized spacial score (nSPS) is 11.0. The van der Waals surface area contributed by atoms with E-state index in [1.807, 2.05) is 0 Å². The van der Waals surface area contributed by atoms with Crippen LogP contribution in [-0.2, 0) is 19.6 Å². The maximum absolute atomic E-state index is 12.4. The number of amides is 1. The van der Waals surface area contributed by atoms with Crippen molar-refractivity contribution in [3.8, 4) is 0 Å². The average Bonchev–Trinajstić information content (AvgIpc) is 2.60. The second-order valence-corrected chi connectivity index (χ2v) is 8.33. The van der Waals surface area contributed by atoms with E-state index in [9.17, 15) is 18.0 Å². The number of sulfonamides is 1. The molecule has 0 saturated heterocycles. The van der Waals surface area contributed by atoms with E-state index in [1.54, 1.807) is 38.1 Å². The van der Waals surface area contributed by atoms with E-state index in [0.717, 1.165) is 16.1 Å². The molecule has 0 radical (unpaired) electrons. The first-order valence-corrected chi connectivity index (χ1v) is 10.7. The lowest BCUT2D eigenvalue weighted by atomic mass is 10.2. The van der Waals surface area contributed by atoms with Crippen LogP contribution >= 0.6 is 11.6 Å². The molecule has 2 aromatic rings. The van der Waals surface area contributed by atoms with Crippen molar-refractivity contribution < 1.29 is 22.7 Å². The first-order valence-electron chi connectivity index (χ1n) is 8.43. The van der Waals surface area contributed by atoms with Gasteiger partial charge in [-0.1, -0.05) is 29.8 Å². The Hall–Kier alpha value is -2.58. The molecule has 0 spiro atoms. The fourth-order valence-electron chi connectivity index (χ4n) is 2.52. The first-order chi connectivity index (χ1) is 13.1. The van der Waals surface area contributed by atoms with Crippen molar-refractivity contribution in [1.82, 2.24) is 0 Å². The van der Waals surface area contributed by atoms with Crippen LogP contribution in [0.4, 0.5) is 11.4 Å². The zero-order valence-corrected chi connectivity index (χ0v) is 17.3. The number of para-hydroxylation sites is 1. The minimum atomic E-state index is -3.68. The molecular weight excluding hydrogens is 404 g/mol. The van der Waals surface area contributed by atoms with Gasteiger partial charge in [0.05, 0.1) is 29.1 Å². The molecule has 1 N–H and O–H groups in total. The van der Waals surface area contributed by atoms with Gasteiger partial charge in [-0.15, -0.1) is 0 Å². The quantitative estimate of drug-likeness (QED) is 0.689. The number of carbonyl (C=O) groups excluding carboxylic acids is 2. The van der Waals surface area contributed by atoms with Crippen molar-refractivity contribution in [2.24, 2.45) is 0 Å². The number of halogens is 1. The Morgan fingerprint density at radius 3 is 2.43 bits per heavy atom. The standard InChI is InChI=1S/C19H21ClN2O5S/c1-4-27-19(24)15-10-9-14(11-16(15)20)21-18(23)12-22(28(3,25)26)17-8-6-5-7-13(17)2/h5-11H,4,12H2,1-3H3,(H,21,23). The van der Waals surface area contributed by atoms with Gasteiger partial charge in [0.1, 0.15) is 6.54 Å². The van der Waals surface area contributed by atoms with Gasteiger partial charge < -0.3 is 10.1 Å². The largest absolute Gasteiger partial charge is 0.462 e. The van der Waals surface area contributed by atoms with Crippen LogP contribution in [0.2, 0.25) is 5.02 Å². The Balaban J connectivity index is 2.19. The number of nitrogens with zero attached hydrogens (tertiary/aromatic N) is 1. The minimum absolute atomic E-state index is 0.120. The maximum atomic E-state index is 12.4. The third-order valence-electron chi connectivity index (χ3n) is 3.82. The molecule has 0 fully saturated rings. The van der Waals surface area contributed by atoms with E-state index >= 15 is 0 Å². The highest BCUT2D eigenvalue weighted by atomic mass is 35.5. The van der Waals surface area contributed by atoms with Gasteiger partial charge in [-0.2, -0.15) is 0 Å². The molecule has 2 rings (SSSR count). The Kier molecular flexibility index (Phi) is 7.04. The minimum Gasteiger partial charge on any atom is -0.462 e. The number of hydrogen-bond acceptors (Lipinski definition) is 5. The molecule has 0 bridgehead atoms. The summed E-state index contributed by atoms with van der Waals surface area (Å²) in [5, 5.41) is 2.71. The Morgan fingerprint density at radius 2 is 1.86 bits per heavy atom. The topological polar surface area (TPSA) is 92.8 Å². The molecule has 0 aliphatic rings. The number of esters is 1. The average molecular weight is 425 g/mol. The third kappa shape index (κ3) is 5.46. The molecule has 0 heterocycles. The maximum Gasteiger partial charge on any atom is 0.339 e. The molecule has 1 amide bonds. The predicted molar refractivity (Wildman–Crippen MR) is 109 cm³/mol. The molecule has 150 valence electrons. The highest BCUT2D eigenvalue weighted by Crippen LogP contribution is 2.24. The van der Waals surface area contributed by atoms with Gasteiger partial charge >= 0.3 is 5.97 Å². The number of carbonyl (C=O) groups is 2. The Labute approximate surface area is 169 Å². The van der Waals surface area contributed by atoms with Crippen molar-refractivity contribution in [2.45, 2.75) is 13.8 Å². The zero-order valence-electron chi connectivity index (χ0n) is 15.7. The summed E-state index contributed by atoms with van der Waals surface area (Å²) in [6, 6.07) is 11.2. The van der Waals surface area contributed by atoms with Crippen molar-refractivity contribution in [2.75, 3.05) is 29.0 Å². The summed E-state index contributed by atoms with van der Waals surface area (Å²) in [4.78, 5) is 24.2. The number of nitrogens with one attached hydrogen (secondary N) is 1. The summed E-state index contributed by atoms with van der Waals surface area (Å²) in [5.41, 5.74) is 1.67. The van der Waals surface area contributed by atoms with Crippen LogP contribution in [0, 0.1) is 6.92 Å². The summed E-state index contributed by atoms with van der Waals surface area (Å²) in [5.74, 6) is -1.11. The zero-order chi connectivity index (χ0) is 20.9. The van der Waals surface area contributed by atoms with Crippen LogP contribution in [0.5, 0.6) is 0 Å². The van der Waals surface area contributed by atoms with Crippen LogP contribution in [0.15, 0.2) is 42.5 Å². The van der Waals surface area contributed by atoms with Gasteiger partial charge in [0.2, 0.25) is 15.9 Å². The summed E-state index contributed by atoms with van der Waals surface area (Å²) in [7, 11) is -3.68. The van der Waals surface area contributed by atoms with Crippen molar-refractivity contribution >= 4 is 44.9 Å². The molecule has 0 aliphatic heterocycles. The number of ether oxygens (including phenoxy) is 1. The predicted octanol–water partition coefficient (Wildman–Crippen LogP) is 3.23. The fourth-order valence-corrected chi connectivity index (χ4v) is 3.69. The van der Waals surface area contributed by atoms with Gasteiger partial charge in [0.15, 0.2) is 0 Å². The molecule has 0 aliphatic carbocycles. The monoisotopic (exact) mass is 424 g/mol. The van der Waals surface area contributed by atoms with Gasteiger partial charge in [-0.3, -0.25) is 9.10 Å². The molecule has 0 aromatic heterocycles. The summed E-state index contributed by atoms with van der Waals surface area (Å²) in [6.45, 7) is 3.26. The van der Waals surface area contributed by atoms with E-state index < -0.39 is 28.4 Å². The number of aryl methyl sites for hydroxylation is 1. The lowest BCUT2D eigenvalue weighted by Crippen LogP contribution is -2.37. The summed E-state index contributed by atoms with van der Waals surface area (Å²) >= 11 is 6.08. The highest BCUT2D eigenvalue weighted by Gasteiger charge is 2.22. The van der Waals surface area contributed by atoms with Gasteiger partial charge in [0, 0.05) is 5.69 Å². The summed E-state index contributed by atoms with van der Waals surface area (Å²) in [6.07, 6.45) is 1.04. The molecule has 2 aromatic carbocycles. The van der Waals surface area contributed by atoms with Crippen molar-refractivity contribution in [3.63, 3.8) is 0 Å². The lowest BCUT2D eigenvalue weighted by Gasteiger charge is -2.23. The van der Waals surface area contributed by atoms with Gasteiger partial charge in [-0.05, 0) is 43.7 Å². The van der Waals surface area contributed by atoms with Crippen molar-refractivity contribution in [1.29, 1.82) is 0 Å². The molecule has 9 heteroatoms. The smallest absolute Gasteiger partial charge is 0.339 e. The fraction of sp³-hybridized carbons (Fsp3) is 0.263. The number of hydrogen-bond donors (Lipinski definition) is 1. The second-order valence-electron chi connectivity index (χ2n) is 6.02. The summed E-state index contributed by atoms with van der Waals surface area (Å²) < 4.78 is 30.3. The van der Waals surface area contributed by atoms with Crippen LogP contribution in [0.3, 0.4) is 0 Å². The van der Waals surface area contributed by atoms with E-state index in [2.05, 4.69) is 5.32 Å². The van der Waals surface area contributed by atoms with Crippen LogP contribution < -0.4 is 9.62 Å². The molecule has 7 nitrogen and oxygen atoms in total. The second kappa shape index (κ2) is 9.07. The third-order valence-corrected chi connectivity index (χ3v) is 5.26. The highest BCUT2D eigenvalue weighted by molar-refractivity contribution is 7.92. The number of benzene rings is 2. The van der Waals surface area contributed by atoms with Crippen molar-refractivity contribution in [3.05, 3.63) is 58.6 Å². The molecule has 28 heavy (non-hydrogen) atoms. The van der Waals surface area contributed by atoms with E-state index in [-0.39, 0.29) is 17.2 Å². The molecule has 0 unspecified atom stereocenters. The Bertz CT molecular complexity index is 992. The van der Waals surface area contributed by atoms with Crippen LogP contribution in [0.25, 0.3) is 0 Å². The van der Waals surface area contributed by atoms with Gasteiger partial charge in [0.25, 0.3) is 0 Å². The van der Waals surface area contributed by atoms with Crippen LogP contribution in [-0.4, -0.2) is 39.7 Å². The van der Waals surface area contributed by atoms with E-state index in [0.29, 0.717) is 11.4 Å². The number of anilines is 2. The van der Waals surface area contributed by atoms with Crippen LogP contribution in [0.1, 0.15) is 22.8 Å². The molecule has 0 saturated carbocycles. The first kappa shape index (κ1) is 21.7. The van der Waals surface area contributed by atoms with Gasteiger partial charge in [-0.25, -0.2) is 13.2 Å².